The van der Waals surface area contributed by atoms with Crippen molar-refractivity contribution in [3.8, 4) is 0 Å². The third-order valence-electron chi connectivity index (χ3n) is 3.33. The standard InChI is InChI=1S/C17H18/c1-6-14-12(4)15-9-7-8-10-16(15)13(5)17(14)11(2)3/h7-10H,2,4-6H2,1,3H3. The summed E-state index contributed by atoms with van der Waals surface area (Å²) in [5.41, 5.74) is 3.54. The molecule has 86 valence electrons. The minimum atomic E-state index is 0.967. The first-order chi connectivity index (χ1) is 8.07. The zero-order valence-corrected chi connectivity index (χ0v) is 10.6. The minimum Gasteiger partial charge on any atom is -0.0955 e. The van der Waals surface area contributed by atoms with E-state index in [0.717, 1.165) is 22.4 Å². The van der Waals surface area contributed by atoms with Crippen LogP contribution in [0.15, 0.2) is 30.8 Å². The summed E-state index contributed by atoms with van der Waals surface area (Å²) in [5.74, 6) is 0. The van der Waals surface area contributed by atoms with E-state index in [2.05, 4.69) is 44.9 Å². The van der Waals surface area contributed by atoms with E-state index in [4.69, 9.17) is 0 Å². The van der Waals surface area contributed by atoms with Gasteiger partial charge in [-0.1, -0.05) is 56.5 Å². The number of rotatable bonds is 2. The molecule has 0 radical (unpaired) electrons. The van der Waals surface area contributed by atoms with Gasteiger partial charge in [0.1, 0.15) is 0 Å². The first-order valence-corrected chi connectivity index (χ1v) is 5.95. The van der Waals surface area contributed by atoms with Gasteiger partial charge in [-0.3, -0.25) is 0 Å². The second-order valence-electron chi connectivity index (χ2n) is 4.49. The fourth-order valence-electron chi connectivity index (χ4n) is 2.55. The van der Waals surface area contributed by atoms with Crippen molar-refractivity contribution >= 4 is 29.5 Å². The largest absolute Gasteiger partial charge is 0.0955 e. The average molecular weight is 222 g/mol. The van der Waals surface area contributed by atoms with Crippen molar-refractivity contribution in [3.05, 3.63) is 52.4 Å². The van der Waals surface area contributed by atoms with Crippen LogP contribution >= 0.6 is 0 Å². The molecule has 0 fully saturated rings. The van der Waals surface area contributed by atoms with E-state index in [1.165, 1.54) is 21.9 Å². The Morgan fingerprint density at radius 2 is 1.59 bits per heavy atom. The Hall–Kier alpha value is -1.82. The highest BCUT2D eigenvalue weighted by atomic mass is 14.1. The van der Waals surface area contributed by atoms with Crippen molar-refractivity contribution in [1.82, 2.24) is 0 Å². The molecule has 0 aliphatic rings. The van der Waals surface area contributed by atoms with Crippen LogP contribution in [-0.2, 0) is 6.42 Å². The molecule has 0 heteroatoms. The van der Waals surface area contributed by atoms with Gasteiger partial charge in [0, 0.05) is 0 Å². The normalized spacial score (nSPS) is 10.7. The maximum absolute atomic E-state index is 4.23. The summed E-state index contributed by atoms with van der Waals surface area (Å²) in [4.78, 5) is 0. The smallest absolute Gasteiger partial charge is 0.0105 e. The van der Waals surface area contributed by atoms with Crippen LogP contribution in [-0.4, -0.2) is 0 Å². The highest BCUT2D eigenvalue weighted by Gasteiger charge is 2.08. The van der Waals surface area contributed by atoms with E-state index in [1.54, 1.807) is 0 Å². The molecule has 0 aliphatic heterocycles. The summed E-state index contributed by atoms with van der Waals surface area (Å²) < 4.78 is 0. The van der Waals surface area contributed by atoms with Gasteiger partial charge in [-0.2, -0.15) is 0 Å². The molecule has 2 aromatic rings. The summed E-state index contributed by atoms with van der Waals surface area (Å²) in [7, 11) is 0. The summed E-state index contributed by atoms with van der Waals surface area (Å²) in [6.45, 7) is 16.7. The predicted molar refractivity (Wildman–Crippen MR) is 78.3 cm³/mol. The molecule has 0 saturated heterocycles. The lowest BCUT2D eigenvalue weighted by Crippen LogP contribution is -2.21. The van der Waals surface area contributed by atoms with E-state index < -0.39 is 0 Å². The van der Waals surface area contributed by atoms with Crippen LogP contribution in [0.1, 0.15) is 25.0 Å². The highest BCUT2D eigenvalue weighted by Crippen LogP contribution is 2.15. The van der Waals surface area contributed by atoms with E-state index >= 15 is 0 Å². The first kappa shape index (κ1) is 11.7. The van der Waals surface area contributed by atoms with Gasteiger partial charge in [0.2, 0.25) is 0 Å². The lowest BCUT2D eigenvalue weighted by Gasteiger charge is -2.13. The van der Waals surface area contributed by atoms with Crippen molar-refractivity contribution in [2.75, 3.05) is 0 Å². The number of hydrogen-bond donors (Lipinski definition) is 0. The molecular weight excluding hydrogens is 204 g/mol. The van der Waals surface area contributed by atoms with Gasteiger partial charge in [0.05, 0.1) is 0 Å². The van der Waals surface area contributed by atoms with Crippen LogP contribution in [0.25, 0.3) is 29.5 Å². The van der Waals surface area contributed by atoms with Crippen molar-refractivity contribution in [2.45, 2.75) is 20.3 Å². The van der Waals surface area contributed by atoms with Crippen LogP contribution in [0, 0.1) is 0 Å². The van der Waals surface area contributed by atoms with Gasteiger partial charge in [0.15, 0.2) is 0 Å². The Morgan fingerprint density at radius 1 is 1.06 bits per heavy atom. The molecule has 0 aromatic heterocycles. The van der Waals surface area contributed by atoms with Gasteiger partial charge in [-0.15, -0.1) is 0 Å². The number of hydrogen-bond acceptors (Lipinski definition) is 0. The van der Waals surface area contributed by atoms with Gasteiger partial charge >= 0.3 is 0 Å². The molecule has 0 atom stereocenters. The second-order valence-corrected chi connectivity index (χ2v) is 4.49. The van der Waals surface area contributed by atoms with Crippen LogP contribution in [0.4, 0.5) is 0 Å². The van der Waals surface area contributed by atoms with Crippen LogP contribution in [0.5, 0.6) is 0 Å². The van der Waals surface area contributed by atoms with Crippen molar-refractivity contribution < 1.29 is 0 Å². The monoisotopic (exact) mass is 222 g/mol. The summed E-state index contributed by atoms with van der Waals surface area (Å²) in [6.07, 6.45) is 0.967. The van der Waals surface area contributed by atoms with E-state index in [1.807, 2.05) is 13.0 Å². The highest BCUT2D eigenvalue weighted by molar-refractivity contribution is 5.88. The molecule has 0 N–H and O–H groups in total. The first-order valence-electron chi connectivity index (χ1n) is 5.95. The summed E-state index contributed by atoms with van der Waals surface area (Å²) >= 11 is 0. The molecule has 0 saturated carbocycles. The molecule has 2 aromatic carbocycles. The zero-order chi connectivity index (χ0) is 12.6. The minimum absolute atomic E-state index is 0.967. The Labute approximate surface area is 103 Å². The predicted octanol–water partition coefficient (Wildman–Crippen LogP) is 3.26. The maximum Gasteiger partial charge on any atom is -0.0105 e. The molecule has 0 heterocycles. The van der Waals surface area contributed by atoms with Gasteiger partial charge in [-0.05, 0) is 45.7 Å². The topological polar surface area (TPSA) is 0 Å². The third-order valence-corrected chi connectivity index (χ3v) is 3.33. The second kappa shape index (κ2) is 4.21. The van der Waals surface area contributed by atoms with Crippen molar-refractivity contribution in [2.24, 2.45) is 0 Å². The van der Waals surface area contributed by atoms with Gasteiger partial charge in [0.25, 0.3) is 0 Å². The SMILES string of the molecule is C=C(C)c1c(CC)c(=C)c2ccccc2c1=C. The lowest BCUT2D eigenvalue weighted by atomic mass is 9.91. The van der Waals surface area contributed by atoms with Crippen LogP contribution in [0.3, 0.4) is 0 Å². The Kier molecular flexibility index (Phi) is 2.89. The molecular formula is C17H18. The molecule has 17 heavy (non-hydrogen) atoms. The molecule has 0 unspecified atom stereocenters. The molecule has 2 rings (SSSR count). The molecule has 0 bridgehead atoms. The summed E-state index contributed by atoms with van der Waals surface area (Å²) in [6, 6.07) is 8.33. The maximum atomic E-state index is 4.23. The van der Waals surface area contributed by atoms with Crippen LogP contribution in [0.2, 0.25) is 0 Å². The average Bonchev–Trinajstić information content (AvgIpc) is 2.33. The quantitative estimate of drug-likeness (QED) is 0.731. The van der Waals surface area contributed by atoms with E-state index in [-0.39, 0.29) is 0 Å². The Morgan fingerprint density at radius 3 is 2.06 bits per heavy atom. The van der Waals surface area contributed by atoms with Gasteiger partial charge in [-0.25, -0.2) is 0 Å². The zero-order valence-electron chi connectivity index (χ0n) is 10.6. The number of fused-ring (bicyclic) bond motifs is 1. The molecule has 0 spiro atoms. The van der Waals surface area contributed by atoms with Gasteiger partial charge < -0.3 is 0 Å². The Balaban J connectivity index is 3.11. The van der Waals surface area contributed by atoms with E-state index in [0.29, 0.717) is 0 Å². The number of benzene rings is 2. The van der Waals surface area contributed by atoms with Crippen molar-refractivity contribution in [3.63, 3.8) is 0 Å². The van der Waals surface area contributed by atoms with Crippen molar-refractivity contribution in [1.29, 1.82) is 0 Å². The molecule has 0 nitrogen and oxygen atoms in total. The lowest BCUT2D eigenvalue weighted by molar-refractivity contribution is 1.11. The molecule has 0 aliphatic carbocycles. The summed E-state index contributed by atoms with van der Waals surface area (Å²) in [5, 5.41) is 4.60. The molecule has 0 amide bonds. The fraction of sp³-hybridized carbons (Fsp3) is 0.176. The number of allylic oxidation sites excluding steroid dienone is 1. The van der Waals surface area contributed by atoms with E-state index in [9.17, 15) is 0 Å². The van der Waals surface area contributed by atoms with Crippen LogP contribution < -0.4 is 10.4 Å². The third kappa shape index (κ3) is 1.70. The fourth-order valence-corrected chi connectivity index (χ4v) is 2.55. The Bertz CT molecular complexity index is 690.